The largest absolute Gasteiger partial charge is 0.364 e. The van der Waals surface area contributed by atoms with Gasteiger partial charge in [0.25, 0.3) is 5.91 Å². The van der Waals surface area contributed by atoms with Crippen molar-refractivity contribution < 1.29 is 9.18 Å². The number of thiocarbonyl (C=S) groups is 1. The smallest absolute Gasteiger partial charge is 0.271 e. The third-order valence-electron chi connectivity index (χ3n) is 2.68. The lowest BCUT2D eigenvalue weighted by Gasteiger charge is -2.09. The molecule has 0 spiro atoms. The first kappa shape index (κ1) is 14.9. The van der Waals surface area contributed by atoms with E-state index in [4.69, 9.17) is 18.0 Å². The van der Waals surface area contributed by atoms with Gasteiger partial charge in [-0.05, 0) is 29.9 Å². The first-order chi connectivity index (χ1) is 9.95. The van der Waals surface area contributed by atoms with Crippen molar-refractivity contribution in [3.63, 3.8) is 0 Å². The molecule has 110 valence electrons. The van der Waals surface area contributed by atoms with Crippen molar-refractivity contribution in [2.24, 2.45) is 12.8 Å². The van der Waals surface area contributed by atoms with Crippen molar-refractivity contribution >= 4 is 28.9 Å². The number of benzene rings is 1. The Kier molecular flexibility index (Phi) is 4.49. The van der Waals surface area contributed by atoms with Gasteiger partial charge in [0.1, 0.15) is 5.82 Å². The average Bonchev–Trinajstić information content (AvgIpc) is 2.79. The maximum absolute atomic E-state index is 12.8. The topological polar surface area (TPSA) is 85.0 Å². The van der Waals surface area contributed by atoms with E-state index in [-0.39, 0.29) is 11.5 Å². The maximum Gasteiger partial charge on any atom is 0.271 e. The second-order valence-electron chi connectivity index (χ2n) is 4.36. The van der Waals surface area contributed by atoms with Gasteiger partial charge in [0, 0.05) is 19.8 Å². The minimum absolute atomic E-state index is 0.114. The molecule has 0 saturated heterocycles. The van der Waals surface area contributed by atoms with Crippen LogP contribution in [0.1, 0.15) is 16.1 Å². The highest BCUT2D eigenvalue weighted by atomic mass is 32.1. The Labute approximate surface area is 126 Å². The van der Waals surface area contributed by atoms with E-state index < -0.39 is 5.91 Å². The van der Waals surface area contributed by atoms with Gasteiger partial charge in [-0.25, -0.2) is 4.39 Å². The average molecular weight is 307 g/mol. The molecule has 0 aliphatic rings. The molecule has 21 heavy (non-hydrogen) atoms. The molecule has 6 nitrogen and oxygen atoms in total. The van der Waals surface area contributed by atoms with Crippen LogP contribution in [0.25, 0.3) is 0 Å². The quantitative estimate of drug-likeness (QED) is 0.738. The summed E-state index contributed by atoms with van der Waals surface area (Å²) in [4.78, 5) is 11.2. The second kappa shape index (κ2) is 6.31. The summed E-state index contributed by atoms with van der Waals surface area (Å²) in [5.74, 6) is -0.930. The maximum atomic E-state index is 12.8. The summed E-state index contributed by atoms with van der Waals surface area (Å²) >= 11 is 5.13. The van der Waals surface area contributed by atoms with Crippen molar-refractivity contribution in [3.05, 3.63) is 47.5 Å². The van der Waals surface area contributed by atoms with Crippen molar-refractivity contribution in [1.82, 2.24) is 15.1 Å². The Balaban J connectivity index is 1.96. The Morgan fingerprint density at radius 2 is 2.10 bits per heavy atom. The first-order valence-electron chi connectivity index (χ1n) is 6.08. The first-order valence-corrected chi connectivity index (χ1v) is 6.49. The van der Waals surface area contributed by atoms with Crippen LogP contribution in [0.4, 0.5) is 10.1 Å². The highest BCUT2D eigenvalue weighted by Crippen LogP contribution is 2.12. The molecular formula is C13H14FN5OS. The number of aromatic nitrogens is 2. The summed E-state index contributed by atoms with van der Waals surface area (Å²) in [5, 5.41) is 10.1. The Morgan fingerprint density at radius 1 is 1.43 bits per heavy atom. The van der Waals surface area contributed by atoms with Gasteiger partial charge in [-0.3, -0.25) is 9.48 Å². The fourth-order valence-electron chi connectivity index (χ4n) is 1.71. The molecule has 0 bridgehead atoms. The van der Waals surface area contributed by atoms with E-state index in [0.717, 1.165) is 5.56 Å². The fraction of sp³-hybridized carbons (Fsp3) is 0.154. The van der Waals surface area contributed by atoms with Gasteiger partial charge in [0.05, 0.1) is 5.69 Å². The molecule has 0 aliphatic carbocycles. The normalized spacial score (nSPS) is 10.2. The highest BCUT2D eigenvalue weighted by Gasteiger charge is 2.13. The van der Waals surface area contributed by atoms with E-state index in [2.05, 4.69) is 15.7 Å². The van der Waals surface area contributed by atoms with Gasteiger partial charge in [-0.2, -0.15) is 5.10 Å². The third-order valence-corrected chi connectivity index (χ3v) is 2.92. The van der Waals surface area contributed by atoms with Crippen LogP contribution in [0, 0.1) is 5.82 Å². The van der Waals surface area contributed by atoms with Crippen LogP contribution in [0.3, 0.4) is 0 Å². The van der Waals surface area contributed by atoms with E-state index in [1.807, 2.05) is 0 Å². The van der Waals surface area contributed by atoms with Gasteiger partial charge in [0.15, 0.2) is 10.8 Å². The predicted molar refractivity (Wildman–Crippen MR) is 81.2 cm³/mol. The number of hydrogen-bond acceptors (Lipinski definition) is 3. The van der Waals surface area contributed by atoms with Crippen LogP contribution in [0.2, 0.25) is 0 Å². The molecular weight excluding hydrogens is 293 g/mol. The molecule has 2 rings (SSSR count). The second-order valence-corrected chi connectivity index (χ2v) is 4.77. The number of nitrogens with two attached hydrogens (primary N) is 1. The predicted octanol–water partition coefficient (Wildman–Crippen LogP) is 1.14. The Morgan fingerprint density at radius 3 is 2.71 bits per heavy atom. The van der Waals surface area contributed by atoms with Crippen LogP contribution in [0.15, 0.2) is 30.5 Å². The summed E-state index contributed by atoms with van der Waals surface area (Å²) < 4.78 is 14.2. The molecule has 0 aliphatic heterocycles. The number of nitrogens with zero attached hydrogens (tertiary/aromatic N) is 2. The number of halogens is 1. The number of nitrogens with one attached hydrogen (secondary N) is 2. The number of hydrogen-bond donors (Lipinski definition) is 3. The summed E-state index contributed by atoms with van der Waals surface area (Å²) in [6.07, 6.45) is 1.60. The number of amides is 1. The highest BCUT2D eigenvalue weighted by molar-refractivity contribution is 7.80. The molecule has 8 heteroatoms. The summed E-state index contributed by atoms with van der Waals surface area (Å²) in [5.41, 5.74) is 6.65. The minimum Gasteiger partial charge on any atom is -0.364 e. The number of aryl methyl sites for hydroxylation is 1. The lowest BCUT2D eigenvalue weighted by atomic mass is 10.2. The fourth-order valence-corrected chi connectivity index (χ4v) is 1.90. The van der Waals surface area contributed by atoms with Crippen molar-refractivity contribution in [2.45, 2.75) is 6.54 Å². The molecule has 0 saturated carbocycles. The van der Waals surface area contributed by atoms with Crippen LogP contribution >= 0.6 is 12.2 Å². The van der Waals surface area contributed by atoms with E-state index >= 15 is 0 Å². The monoisotopic (exact) mass is 307 g/mol. The van der Waals surface area contributed by atoms with E-state index in [1.54, 1.807) is 25.4 Å². The van der Waals surface area contributed by atoms with Crippen LogP contribution in [0.5, 0.6) is 0 Å². The third kappa shape index (κ3) is 3.99. The SMILES string of the molecule is Cn1cc(NC(=S)NCc2ccc(F)cc2)c(C(N)=O)n1. The summed E-state index contributed by atoms with van der Waals surface area (Å²) in [7, 11) is 1.67. The van der Waals surface area contributed by atoms with Crippen LogP contribution in [-0.2, 0) is 13.6 Å². The molecule has 0 atom stereocenters. The van der Waals surface area contributed by atoms with Crippen molar-refractivity contribution in [2.75, 3.05) is 5.32 Å². The molecule has 0 radical (unpaired) electrons. The zero-order valence-corrected chi connectivity index (χ0v) is 12.1. The number of primary amides is 1. The molecule has 1 aromatic carbocycles. The molecule has 4 N–H and O–H groups in total. The lowest BCUT2D eigenvalue weighted by Crippen LogP contribution is -2.28. The van der Waals surface area contributed by atoms with Gasteiger partial charge < -0.3 is 16.4 Å². The zero-order valence-electron chi connectivity index (χ0n) is 11.3. The van der Waals surface area contributed by atoms with Gasteiger partial charge in [0.2, 0.25) is 0 Å². The molecule has 1 aromatic heterocycles. The summed E-state index contributed by atoms with van der Waals surface area (Å²) in [6, 6.07) is 6.06. The van der Waals surface area contributed by atoms with Gasteiger partial charge in [-0.1, -0.05) is 12.1 Å². The number of anilines is 1. The van der Waals surface area contributed by atoms with E-state index in [1.165, 1.54) is 16.8 Å². The number of carbonyl (C=O) groups excluding carboxylic acids is 1. The van der Waals surface area contributed by atoms with E-state index in [0.29, 0.717) is 17.3 Å². The molecule has 1 heterocycles. The van der Waals surface area contributed by atoms with E-state index in [9.17, 15) is 9.18 Å². The minimum atomic E-state index is -0.639. The Bertz CT molecular complexity index is 668. The Hall–Kier alpha value is -2.48. The molecule has 1 amide bonds. The van der Waals surface area contributed by atoms with Gasteiger partial charge in [-0.15, -0.1) is 0 Å². The zero-order chi connectivity index (χ0) is 15.4. The van der Waals surface area contributed by atoms with Crippen LogP contribution in [-0.4, -0.2) is 20.8 Å². The lowest BCUT2D eigenvalue weighted by molar-refractivity contribution is 0.0995. The molecule has 0 unspecified atom stereocenters. The number of rotatable bonds is 4. The summed E-state index contributed by atoms with van der Waals surface area (Å²) in [6.45, 7) is 0.429. The number of carbonyl (C=O) groups is 1. The molecule has 2 aromatic rings. The van der Waals surface area contributed by atoms with Crippen molar-refractivity contribution in [1.29, 1.82) is 0 Å². The standard InChI is InChI=1S/C13H14FN5OS/c1-19-7-10(11(18-19)12(15)20)17-13(21)16-6-8-2-4-9(14)5-3-8/h2-5,7H,6H2,1H3,(H2,15,20)(H2,16,17,21). The van der Waals surface area contributed by atoms with Crippen molar-refractivity contribution in [3.8, 4) is 0 Å². The van der Waals surface area contributed by atoms with Gasteiger partial charge >= 0.3 is 0 Å². The molecule has 0 fully saturated rings. The van der Waals surface area contributed by atoms with Crippen LogP contribution < -0.4 is 16.4 Å².